The Hall–Kier alpha value is 4.24. The second-order valence-corrected chi connectivity index (χ2v) is 12.8. The van der Waals surface area contributed by atoms with Crippen molar-refractivity contribution in [1.29, 1.82) is 0 Å². The second-order valence-electron chi connectivity index (χ2n) is 1.41. The quantitative estimate of drug-likeness (QED) is 0.150. The fraction of sp³-hybridized carbons (Fsp3) is 0. The molecule has 0 amide bonds. The summed E-state index contributed by atoms with van der Waals surface area (Å²) in [5.74, 6) is 0. The summed E-state index contributed by atoms with van der Waals surface area (Å²) in [5.41, 5.74) is -7.44. The van der Waals surface area contributed by atoms with Gasteiger partial charge < -0.3 is 70.1 Å². The van der Waals surface area contributed by atoms with Gasteiger partial charge in [-0.3, -0.25) is 0 Å². The Labute approximate surface area is 168 Å². The van der Waals surface area contributed by atoms with E-state index < -0.39 is 18.1 Å². The predicted octanol–water partition coefficient (Wildman–Crippen LogP) is -3.86. The van der Waals surface area contributed by atoms with E-state index in [1.807, 2.05) is 0 Å². The fourth-order valence-corrected chi connectivity index (χ4v) is 0. The smallest absolute Gasteiger partial charge is 0.850 e. The summed E-state index contributed by atoms with van der Waals surface area (Å²) in [5, 5.41) is 0. The number of rotatable bonds is 0. The molecule has 0 saturated carbocycles. The van der Waals surface area contributed by atoms with E-state index in [0.717, 1.165) is 0 Å². The molecule has 0 aliphatic rings. The molecule has 0 heterocycles. The molecule has 18 heavy (non-hydrogen) atoms. The SMILES string of the molecule is OP(O)(O)=S.[O-]P([O-])(=S)[S-].[O-]P([O-])(=S)[S-].[Zn+2].[Zn+2].[Zn+2]. The molecule has 0 aliphatic heterocycles. The first-order valence-electron chi connectivity index (χ1n) is 2.24. The Morgan fingerprint density at radius 2 is 0.667 bits per heavy atom. The summed E-state index contributed by atoms with van der Waals surface area (Å²) < 4.78 is 0. The molecule has 0 rings (SSSR count). The van der Waals surface area contributed by atoms with Crippen LogP contribution in [0.25, 0.3) is 0 Å². The zero-order chi connectivity index (χ0) is 13.5. The molecule has 18 heteroatoms. The van der Waals surface area contributed by atoms with Gasteiger partial charge in [-0.15, -0.1) is 0 Å². The molecule has 0 aliphatic carbocycles. The van der Waals surface area contributed by atoms with Gasteiger partial charge in [0.2, 0.25) is 0 Å². The number of hydrogen-bond donors (Lipinski definition) is 3. The average Bonchev–Trinajstić information content (AvgIpc) is 1.41. The molecule has 0 aromatic rings. The maximum absolute atomic E-state index is 9.29. The van der Waals surface area contributed by atoms with Crippen molar-refractivity contribution in [3.8, 4) is 0 Å². The summed E-state index contributed by atoms with van der Waals surface area (Å²) in [6.45, 7) is -3.81. The van der Waals surface area contributed by atoms with E-state index in [0.29, 0.717) is 0 Å². The van der Waals surface area contributed by atoms with Gasteiger partial charge in [0.1, 0.15) is 0 Å². The molecule has 0 aromatic carbocycles. The van der Waals surface area contributed by atoms with Crippen LogP contribution in [0.3, 0.4) is 0 Å². The minimum Gasteiger partial charge on any atom is -0.850 e. The maximum atomic E-state index is 9.29. The normalized spacial score (nSPS) is 9.83. The van der Waals surface area contributed by atoms with Gasteiger partial charge in [0.05, 0.1) is 0 Å². The summed E-state index contributed by atoms with van der Waals surface area (Å²) in [7, 11) is 0. The van der Waals surface area contributed by atoms with E-state index in [4.69, 9.17) is 14.7 Å². The monoisotopic (exact) mass is 560 g/mol. The zero-order valence-corrected chi connectivity index (χ0v) is 24.1. The average molecular weight is 564 g/mol. The van der Waals surface area contributed by atoms with Gasteiger partial charge in [-0.2, -0.15) is 23.6 Å². The number of hydrogen-bond acceptors (Lipinski definition) is 9. The van der Waals surface area contributed by atoms with Crippen LogP contribution in [0.4, 0.5) is 0 Å². The van der Waals surface area contributed by atoms with Crippen LogP contribution in [0.15, 0.2) is 0 Å². The van der Waals surface area contributed by atoms with Crippen LogP contribution in [-0.4, -0.2) is 14.7 Å². The predicted molar refractivity (Wildman–Crippen MR) is 64.2 cm³/mol. The molecule has 3 N–H and O–H groups in total. The molecule has 0 fully saturated rings. The second kappa shape index (κ2) is 17.6. The van der Waals surface area contributed by atoms with E-state index in [9.17, 15) is 19.6 Å². The van der Waals surface area contributed by atoms with Crippen LogP contribution in [-0.2, 0) is 118 Å². The fourth-order valence-electron chi connectivity index (χ4n) is 0. The summed E-state index contributed by atoms with van der Waals surface area (Å²) in [4.78, 5) is 59.8. The Bertz CT molecular complexity index is 220. The van der Waals surface area contributed by atoms with Crippen LogP contribution in [0, 0.1) is 0 Å². The molecule has 0 aromatic heterocycles. The van der Waals surface area contributed by atoms with Crippen LogP contribution in [0.1, 0.15) is 0 Å². The van der Waals surface area contributed by atoms with Gasteiger partial charge in [0.15, 0.2) is 0 Å². The van der Waals surface area contributed by atoms with Gasteiger partial charge in [-0.1, -0.05) is 0 Å². The first-order chi connectivity index (χ1) is 6.00. The van der Waals surface area contributed by atoms with E-state index in [-0.39, 0.29) is 58.4 Å². The van der Waals surface area contributed by atoms with E-state index in [1.54, 1.807) is 0 Å². The summed E-state index contributed by atoms with van der Waals surface area (Å²) >= 11 is 18.2. The largest absolute Gasteiger partial charge is 2.00 e. The third-order valence-electron chi connectivity index (χ3n) is 0. The van der Waals surface area contributed by atoms with E-state index in [1.165, 1.54) is 0 Å². The van der Waals surface area contributed by atoms with Crippen molar-refractivity contribution in [3.05, 3.63) is 0 Å². The zero-order valence-electron chi connectivity index (χ0n) is 8.48. The minimum atomic E-state index is -3.81. The van der Waals surface area contributed by atoms with Gasteiger partial charge in [-0.05, 0) is 11.8 Å². The van der Waals surface area contributed by atoms with Crippen molar-refractivity contribution in [1.82, 2.24) is 0 Å². The first kappa shape index (κ1) is 38.0. The topological polar surface area (TPSA) is 153 Å². The van der Waals surface area contributed by atoms with Crippen LogP contribution >= 0.6 is 18.1 Å². The van der Waals surface area contributed by atoms with Crippen LogP contribution in [0.2, 0.25) is 0 Å². The standard InChI is InChI=1S/H3O3PS.2H3O2PS2.3Zn/c1-4(2,3)5;2*1-3(2,4)5;;;/h(H3,1,2,3,5);2*(H3,1,2,4,5);;;/q;;;3*+2/p-6. The van der Waals surface area contributed by atoms with E-state index in [2.05, 4.69) is 59.9 Å². The van der Waals surface area contributed by atoms with Gasteiger partial charge in [0, 0.05) is 0 Å². The van der Waals surface area contributed by atoms with Gasteiger partial charge in [0.25, 0.3) is 0 Å². The molecule has 96 valence electrons. The molecule has 0 atom stereocenters. The molecule has 0 unspecified atom stereocenters. The van der Waals surface area contributed by atoms with Crippen molar-refractivity contribution in [2.24, 2.45) is 0 Å². The minimum absolute atomic E-state index is 0. The molecule has 0 radical (unpaired) electrons. The molecule has 0 saturated heterocycles. The Morgan fingerprint density at radius 1 is 0.667 bits per heavy atom. The molecular weight excluding hydrogens is 561 g/mol. The third-order valence-corrected chi connectivity index (χ3v) is 0. The summed E-state index contributed by atoms with van der Waals surface area (Å²) in [6.07, 6.45) is 0. The van der Waals surface area contributed by atoms with Crippen molar-refractivity contribution in [2.75, 3.05) is 0 Å². The van der Waals surface area contributed by atoms with Crippen LogP contribution < -0.4 is 19.6 Å². The molecular formula is H3O7P3S5Zn3. The maximum Gasteiger partial charge on any atom is 2.00 e. The Kier molecular flexibility index (Phi) is 37.2. The van der Waals surface area contributed by atoms with Crippen LogP contribution in [0.5, 0.6) is 0 Å². The van der Waals surface area contributed by atoms with Crippen molar-refractivity contribution in [2.45, 2.75) is 0 Å². The van der Waals surface area contributed by atoms with Crippen molar-refractivity contribution >= 4 is 78.0 Å². The Morgan fingerprint density at radius 3 is 0.667 bits per heavy atom. The van der Waals surface area contributed by atoms with Gasteiger partial charge >= 0.3 is 65.2 Å². The molecule has 0 spiro atoms. The molecule has 0 bridgehead atoms. The Balaban J connectivity index is -0.0000000277. The molecule has 7 nitrogen and oxygen atoms in total. The van der Waals surface area contributed by atoms with Gasteiger partial charge in [-0.25, -0.2) is 0 Å². The summed E-state index contributed by atoms with van der Waals surface area (Å²) in [6, 6.07) is 0. The van der Waals surface area contributed by atoms with Crippen molar-refractivity contribution < 1.29 is 92.7 Å². The van der Waals surface area contributed by atoms with E-state index >= 15 is 0 Å². The van der Waals surface area contributed by atoms with Crippen molar-refractivity contribution in [3.63, 3.8) is 0 Å². The third kappa shape index (κ3) is 417. The first-order valence-corrected chi connectivity index (χ1v) is 12.2.